The second kappa shape index (κ2) is 7.31. The molecule has 1 aromatic rings. The van der Waals surface area contributed by atoms with Gasteiger partial charge in [0, 0.05) is 24.0 Å². The number of hydrogen-bond acceptors (Lipinski definition) is 3. The van der Waals surface area contributed by atoms with Crippen molar-refractivity contribution < 1.29 is 14.3 Å². The Balaban J connectivity index is 1.60. The van der Waals surface area contributed by atoms with E-state index in [-0.39, 0.29) is 24.3 Å². The van der Waals surface area contributed by atoms with Crippen molar-refractivity contribution in [1.82, 2.24) is 10.6 Å². The number of benzene rings is 1. The van der Waals surface area contributed by atoms with Crippen molar-refractivity contribution in [2.24, 2.45) is 5.92 Å². The van der Waals surface area contributed by atoms with Crippen LogP contribution >= 0.6 is 11.6 Å². The van der Waals surface area contributed by atoms with Crippen molar-refractivity contribution in [2.45, 2.75) is 19.8 Å². The van der Waals surface area contributed by atoms with Crippen LogP contribution in [0.15, 0.2) is 18.2 Å². The molecule has 0 spiro atoms. The van der Waals surface area contributed by atoms with Gasteiger partial charge in [0.2, 0.25) is 5.91 Å². The highest BCUT2D eigenvalue weighted by molar-refractivity contribution is 6.31. The molecule has 0 atom stereocenters. The summed E-state index contributed by atoms with van der Waals surface area (Å²) in [5.74, 6) is 0.659. The third-order valence-corrected chi connectivity index (χ3v) is 3.62. The van der Waals surface area contributed by atoms with Gasteiger partial charge in [-0.2, -0.15) is 0 Å². The lowest BCUT2D eigenvalue weighted by Crippen LogP contribution is -2.37. The molecule has 1 aliphatic carbocycles. The van der Waals surface area contributed by atoms with Crippen LogP contribution in [0.1, 0.15) is 18.4 Å². The van der Waals surface area contributed by atoms with Gasteiger partial charge in [-0.05, 0) is 43.5 Å². The molecule has 0 unspecified atom stereocenters. The number of nitrogens with one attached hydrogen (secondary N) is 2. The summed E-state index contributed by atoms with van der Waals surface area (Å²) in [5, 5.41) is 6.13. The van der Waals surface area contributed by atoms with Gasteiger partial charge in [0.25, 0.3) is 5.91 Å². The van der Waals surface area contributed by atoms with Gasteiger partial charge in [0.1, 0.15) is 5.75 Å². The van der Waals surface area contributed by atoms with Gasteiger partial charge in [-0.1, -0.05) is 11.6 Å². The monoisotopic (exact) mass is 310 g/mol. The highest BCUT2D eigenvalue weighted by atomic mass is 35.5. The van der Waals surface area contributed by atoms with E-state index in [2.05, 4.69) is 10.6 Å². The Kier molecular flexibility index (Phi) is 5.44. The number of amides is 2. The Morgan fingerprint density at radius 3 is 2.67 bits per heavy atom. The first-order valence-electron chi connectivity index (χ1n) is 6.99. The number of rotatable bonds is 7. The Morgan fingerprint density at radius 1 is 1.29 bits per heavy atom. The van der Waals surface area contributed by atoms with E-state index in [1.54, 1.807) is 18.2 Å². The van der Waals surface area contributed by atoms with E-state index in [0.29, 0.717) is 23.9 Å². The van der Waals surface area contributed by atoms with Crippen LogP contribution in [0.4, 0.5) is 0 Å². The van der Waals surface area contributed by atoms with Crippen LogP contribution in [0.3, 0.4) is 0 Å². The molecule has 0 heterocycles. The van der Waals surface area contributed by atoms with Gasteiger partial charge >= 0.3 is 0 Å². The molecule has 1 saturated carbocycles. The molecule has 1 fully saturated rings. The maximum absolute atomic E-state index is 11.6. The standard InChI is InChI=1S/C15H19ClN2O3/c1-10-8-12(4-5-13(10)16)21-9-14(19)17-6-7-18-15(20)11-2-3-11/h4-5,8,11H,2-3,6-7,9H2,1H3,(H,17,19)(H,18,20). The van der Waals surface area contributed by atoms with Gasteiger partial charge in [-0.25, -0.2) is 0 Å². The summed E-state index contributed by atoms with van der Waals surface area (Å²) in [6.45, 7) is 2.66. The fourth-order valence-electron chi connectivity index (χ4n) is 1.78. The average Bonchev–Trinajstić information content (AvgIpc) is 3.29. The summed E-state index contributed by atoms with van der Waals surface area (Å²) in [4.78, 5) is 22.9. The summed E-state index contributed by atoms with van der Waals surface area (Å²) < 4.78 is 5.37. The zero-order valence-corrected chi connectivity index (χ0v) is 12.7. The second-order valence-electron chi connectivity index (χ2n) is 5.11. The van der Waals surface area contributed by atoms with Gasteiger partial charge in [-0.15, -0.1) is 0 Å². The largest absolute Gasteiger partial charge is 0.484 e. The van der Waals surface area contributed by atoms with E-state index in [0.717, 1.165) is 18.4 Å². The number of aryl methyl sites for hydroxylation is 1. The summed E-state index contributed by atoms with van der Waals surface area (Å²) in [6.07, 6.45) is 1.96. The minimum atomic E-state index is -0.219. The Labute approximate surface area is 129 Å². The van der Waals surface area contributed by atoms with Crippen LogP contribution in [0.5, 0.6) is 5.75 Å². The summed E-state index contributed by atoms with van der Waals surface area (Å²) in [5.41, 5.74) is 0.900. The van der Waals surface area contributed by atoms with E-state index in [1.807, 2.05) is 6.92 Å². The minimum absolute atomic E-state index is 0.0579. The molecule has 5 nitrogen and oxygen atoms in total. The second-order valence-corrected chi connectivity index (χ2v) is 5.52. The summed E-state index contributed by atoms with van der Waals surface area (Å²) in [6, 6.07) is 5.24. The minimum Gasteiger partial charge on any atom is -0.484 e. The molecular weight excluding hydrogens is 292 g/mol. The number of halogens is 1. The molecular formula is C15H19ClN2O3. The van der Waals surface area contributed by atoms with Crippen LogP contribution in [0, 0.1) is 12.8 Å². The first-order chi connectivity index (χ1) is 10.1. The molecule has 21 heavy (non-hydrogen) atoms. The molecule has 2 amide bonds. The van der Waals surface area contributed by atoms with Crippen LogP contribution in [-0.4, -0.2) is 31.5 Å². The number of hydrogen-bond donors (Lipinski definition) is 2. The molecule has 1 aromatic carbocycles. The van der Waals surface area contributed by atoms with Crippen LogP contribution in [-0.2, 0) is 9.59 Å². The van der Waals surface area contributed by atoms with Crippen molar-refractivity contribution in [3.05, 3.63) is 28.8 Å². The zero-order chi connectivity index (χ0) is 15.2. The predicted octanol–water partition coefficient (Wildman–Crippen LogP) is 1.67. The average molecular weight is 311 g/mol. The van der Waals surface area contributed by atoms with Crippen LogP contribution in [0.2, 0.25) is 5.02 Å². The van der Waals surface area contributed by atoms with E-state index < -0.39 is 0 Å². The zero-order valence-electron chi connectivity index (χ0n) is 11.9. The Bertz CT molecular complexity index is 530. The fraction of sp³-hybridized carbons (Fsp3) is 0.467. The molecule has 0 aromatic heterocycles. The topological polar surface area (TPSA) is 67.4 Å². The summed E-state index contributed by atoms with van der Waals surface area (Å²) in [7, 11) is 0. The smallest absolute Gasteiger partial charge is 0.258 e. The molecule has 1 aliphatic rings. The third-order valence-electron chi connectivity index (χ3n) is 3.19. The quantitative estimate of drug-likeness (QED) is 0.753. The molecule has 2 rings (SSSR count). The van der Waals surface area contributed by atoms with Gasteiger partial charge < -0.3 is 15.4 Å². The highest BCUT2D eigenvalue weighted by Crippen LogP contribution is 2.28. The van der Waals surface area contributed by atoms with Crippen molar-refractivity contribution in [3.63, 3.8) is 0 Å². The molecule has 6 heteroatoms. The maximum atomic E-state index is 11.6. The van der Waals surface area contributed by atoms with Crippen molar-refractivity contribution >= 4 is 23.4 Å². The van der Waals surface area contributed by atoms with E-state index in [4.69, 9.17) is 16.3 Å². The predicted molar refractivity (Wildman–Crippen MR) is 80.4 cm³/mol. The molecule has 0 aliphatic heterocycles. The van der Waals surface area contributed by atoms with Crippen molar-refractivity contribution in [3.8, 4) is 5.75 Å². The lowest BCUT2D eigenvalue weighted by atomic mass is 10.2. The first-order valence-corrected chi connectivity index (χ1v) is 7.37. The molecule has 0 radical (unpaired) electrons. The number of ether oxygens (including phenoxy) is 1. The van der Waals surface area contributed by atoms with E-state index in [9.17, 15) is 9.59 Å². The van der Waals surface area contributed by atoms with Crippen LogP contribution < -0.4 is 15.4 Å². The van der Waals surface area contributed by atoms with Crippen LogP contribution in [0.25, 0.3) is 0 Å². The van der Waals surface area contributed by atoms with Gasteiger partial charge in [0.05, 0.1) is 0 Å². The maximum Gasteiger partial charge on any atom is 0.258 e. The van der Waals surface area contributed by atoms with E-state index in [1.165, 1.54) is 0 Å². The molecule has 0 bridgehead atoms. The van der Waals surface area contributed by atoms with Crippen molar-refractivity contribution in [2.75, 3.05) is 19.7 Å². The molecule has 114 valence electrons. The SMILES string of the molecule is Cc1cc(OCC(=O)NCCNC(=O)C2CC2)ccc1Cl. The molecule has 0 saturated heterocycles. The fourth-order valence-corrected chi connectivity index (χ4v) is 1.90. The lowest BCUT2D eigenvalue weighted by Gasteiger charge is -2.09. The number of carbonyl (C=O) groups excluding carboxylic acids is 2. The lowest BCUT2D eigenvalue weighted by molar-refractivity contribution is -0.124. The third kappa shape index (κ3) is 5.27. The Hall–Kier alpha value is -1.75. The normalized spacial score (nSPS) is 13.6. The molecule has 2 N–H and O–H groups in total. The van der Waals surface area contributed by atoms with Crippen molar-refractivity contribution in [1.29, 1.82) is 0 Å². The van der Waals surface area contributed by atoms with Gasteiger partial charge in [0.15, 0.2) is 6.61 Å². The van der Waals surface area contributed by atoms with E-state index >= 15 is 0 Å². The van der Waals surface area contributed by atoms with Gasteiger partial charge in [-0.3, -0.25) is 9.59 Å². The number of carbonyl (C=O) groups is 2. The Morgan fingerprint density at radius 2 is 2.00 bits per heavy atom. The summed E-state index contributed by atoms with van der Waals surface area (Å²) >= 11 is 5.91. The highest BCUT2D eigenvalue weighted by Gasteiger charge is 2.28. The first kappa shape index (κ1) is 15.6.